The van der Waals surface area contributed by atoms with E-state index in [1.165, 1.54) is 0 Å². The summed E-state index contributed by atoms with van der Waals surface area (Å²) >= 11 is 6.00. The molecule has 0 amide bonds. The number of ether oxygens (including phenoxy) is 2. The first-order chi connectivity index (χ1) is 9.31. The number of halogens is 1. The molecule has 0 unspecified atom stereocenters. The Morgan fingerprint density at radius 1 is 1.35 bits per heavy atom. The number of rotatable bonds is 6. The lowest BCUT2D eigenvalue weighted by Gasteiger charge is -2.21. The van der Waals surface area contributed by atoms with Gasteiger partial charge in [-0.1, -0.05) is 11.6 Å². The summed E-state index contributed by atoms with van der Waals surface area (Å²) in [6, 6.07) is 5.34. The molecular formula is C15H22ClNO3. The van der Waals surface area contributed by atoms with Gasteiger partial charge in [0.25, 0.3) is 0 Å². The van der Waals surface area contributed by atoms with Crippen LogP contribution in [-0.4, -0.2) is 24.7 Å². The van der Waals surface area contributed by atoms with Gasteiger partial charge in [-0.15, -0.1) is 0 Å². The van der Waals surface area contributed by atoms with Gasteiger partial charge >= 0.3 is 5.97 Å². The first-order valence-electron chi connectivity index (χ1n) is 6.63. The fourth-order valence-electron chi connectivity index (χ4n) is 1.53. The van der Waals surface area contributed by atoms with Crippen LogP contribution in [0.5, 0.6) is 5.75 Å². The third kappa shape index (κ3) is 6.26. The van der Waals surface area contributed by atoms with Crippen molar-refractivity contribution in [3.05, 3.63) is 28.8 Å². The average molecular weight is 300 g/mol. The van der Waals surface area contributed by atoms with Crippen LogP contribution in [0.15, 0.2) is 18.2 Å². The second-order valence-corrected chi connectivity index (χ2v) is 5.89. The standard InChI is InChI=1S/C15H22ClNO3/c1-5-19-14(18)10-20-13-7-6-12(16)8-11(13)9-17-15(2,3)4/h6-8,17H,5,9-10H2,1-4H3. The Labute approximate surface area is 125 Å². The number of nitrogens with one attached hydrogen (secondary N) is 1. The van der Waals surface area contributed by atoms with Crippen LogP contribution in [0.3, 0.4) is 0 Å². The first-order valence-corrected chi connectivity index (χ1v) is 7.01. The molecule has 4 nitrogen and oxygen atoms in total. The zero-order chi connectivity index (χ0) is 15.2. The number of carbonyl (C=O) groups excluding carboxylic acids is 1. The summed E-state index contributed by atoms with van der Waals surface area (Å²) in [5.74, 6) is 0.261. The molecule has 0 bridgehead atoms. The van der Waals surface area contributed by atoms with Gasteiger partial charge in [0.05, 0.1) is 6.61 Å². The van der Waals surface area contributed by atoms with Gasteiger partial charge in [0, 0.05) is 22.7 Å². The molecule has 5 heteroatoms. The summed E-state index contributed by atoms with van der Waals surface area (Å²) in [5.41, 5.74) is 0.900. The Morgan fingerprint density at radius 2 is 2.05 bits per heavy atom. The molecule has 1 rings (SSSR count). The molecule has 0 aromatic heterocycles. The molecule has 0 aliphatic carbocycles. The van der Waals surface area contributed by atoms with Gasteiger partial charge in [0.15, 0.2) is 6.61 Å². The molecule has 0 spiro atoms. The van der Waals surface area contributed by atoms with Crippen molar-refractivity contribution in [1.82, 2.24) is 5.32 Å². The molecule has 0 heterocycles. The summed E-state index contributed by atoms with van der Waals surface area (Å²) in [5, 5.41) is 4.00. The van der Waals surface area contributed by atoms with E-state index in [9.17, 15) is 4.79 Å². The van der Waals surface area contributed by atoms with E-state index >= 15 is 0 Å². The van der Waals surface area contributed by atoms with Crippen molar-refractivity contribution in [3.8, 4) is 5.75 Å². The van der Waals surface area contributed by atoms with E-state index < -0.39 is 0 Å². The number of carbonyl (C=O) groups is 1. The quantitative estimate of drug-likeness (QED) is 0.820. The molecule has 1 aromatic carbocycles. The average Bonchev–Trinajstić information content (AvgIpc) is 2.34. The molecule has 0 saturated heterocycles. The van der Waals surface area contributed by atoms with E-state index in [1.54, 1.807) is 19.1 Å². The Bertz CT molecular complexity index is 455. The monoisotopic (exact) mass is 299 g/mol. The minimum atomic E-state index is -0.378. The van der Waals surface area contributed by atoms with E-state index in [0.29, 0.717) is 23.9 Å². The molecule has 0 radical (unpaired) electrons. The number of benzene rings is 1. The van der Waals surface area contributed by atoms with Crippen LogP contribution in [0.1, 0.15) is 33.3 Å². The lowest BCUT2D eigenvalue weighted by atomic mass is 10.1. The predicted molar refractivity (Wildman–Crippen MR) is 80.2 cm³/mol. The molecule has 0 fully saturated rings. The second kappa shape index (κ2) is 7.50. The van der Waals surface area contributed by atoms with E-state index in [-0.39, 0.29) is 18.1 Å². The highest BCUT2D eigenvalue weighted by molar-refractivity contribution is 6.30. The molecule has 1 N–H and O–H groups in total. The van der Waals surface area contributed by atoms with E-state index in [4.69, 9.17) is 21.1 Å². The summed E-state index contributed by atoms with van der Waals surface area (Å²) in [7, 11) is 0. The molecule has 20 heavy (non-hydrogen) atoms. The maximum atomic E-state index is 11.3. The molecular weight excluding hydrogens is 278 g/mol. The van der Waals surface area contributed by atoms with Crippen LogP contribution in [0.4, 0.5) is 0 Å². The Morgan fingerprint density at radius 3 is 2.65 bits per heavy atom. The Balaban J connectivity index is 2.72. The summed E-state index contributed by atoms with van der Waals surface area (Å²) in [6.07, 6.45) is 0. The van der Waals surface area contributed by atoms with Crippen molar-refractivity contribution in [2.24, 2.45) is 0 Å². The van der Waals surface area contributed by atoms with Gasteiger partial charge in [0.1, 0.15) is 5.75 Å². The minimum absolute atomic E-state index is 0.0132. The van der Waals surface area contributed by atoms with Gasteiger partial charge in [-0.05, 0) is 45.9 Å². The number of esters is 1. The van der Waals surface area contributed by atoms with Crippen molar-refractivity contribution < 1.29 is 14.3 Å². The summed E-state index contributed by atoms with van der Waals surface area (Å²) < 4.78 is 10.3. The van der Waals surface area contributed by atoms with Gasteiger partial charge in [-0.2, -0.15) is 0 Å². The predicted octanol–water partition coefficient (Wildman–Crippen LogP) is 3.17. The third-order valence-electron chi connectivity index (χ3n) is 2.48. The van der Waals surface area contributed by atoms with Gasteiger partial charge in [0.2, 0.25) is 0 Å². The third-order valence-corrected chi connectivity index (χ3v) is 2.72. The molecule has 0 aliphatic rings. The zero-order valence-electron chi connectivity index (χ0n) is 12.5. The van der Waals surface area contributed by atoms with Crippen LogP contribution in [0, 0.1) is 0 Å². The van der Waals surface area contributed by atoms with Crippen LogP contribution >= 0.6 is 11.6 Å². The van der Waals surface area contributed by atoms with E-state index in [0.717, 1.165) is 5.56 Å². The molecule has 0 atom stereocenters. The lowest BCUT2D eigenvalue weighted by Crippen LogP contribution is -2.35. The Kier molecular flexibility index (Phi) is 6.30. The number of hydrogen-bond donors (Lipinski definition) is 1. The highest BCUT2D eigenvalue weighted by Gasteiger charge is 2.12. The number of hydrogen-bond acceptors (Lipinski definition) is 4. The molecule has 0 saturated carbocycles. The topological polar surface area (TPSA) is 47.6 Å². The van der Waals surface area contributed by atoms with Crippen LogP contribution in [-0.2, 0) is 16.1 Å². The highest BCUT2D eigenvalue weighted by Crippen LogP contribution is 2.23. The SMILES string of the molecule is CCOC(=O)COc1ccc(Cl)cc1CNC(C)(C)C. The molecule has 0 aliphatic heterocycles. The second-order valence-electron chi connectivity index (χ2n) is 5.45. The van der Waals surface area contributed by atoms with Gasteiger partial charge < -0.3 is 14.8 Å². The molecule has 112 valence electrons. The minimum Gasteiger partial charge on any atom is -0.482 e. The summed E-state index contributed by atoms with van der Waals surface area (Å²) in [4.78, 5) is 11.3. The normalized spacial score (nSPS) is 11.2. The smallest absolute Gasteiger partial charge is 0.344 e. The van der Waals surface area contributed by atoms with Crippen molar-refractivity contribution in [3.63, 3.8) is 0 Å². The largest absolute Gasteiger partial charge is 0.482 e. The first kappa shape index (κ1) is 16.8. The van der Waals surface area contributed by atoms with Gasteiger partial charge in [-0.3, -0.25) is 0 Å². The van der Waals surface area contributed by atoms with Crippen LogP contribution in [0.2, 0.25) is 5.02 Å². The van der Waals surface area contributed by atoms with Crippen LogP contribution in [0.25, 0.3) is 0 Å². The molecule has 1 aromatic rings. The summed E-state index contributed by atoms with van der Waals surface area (Å²) in [6.45, 7) is 8.87. The Hall–Kier alpha value is -1.26. The fraction of sp³-hybridized carbons (Fsp3) is 0.533. The maximum absolute atomic E-state index is 11.3. The van der Waals surface area contributed by atoms with E-state index in [2.05, 4.69) is 26.1 Å². The van der Waals surface area contributed by atoms with Crippen molar-refractivity contribution in [1.29, 1.82) is 0 Å². The zero-order valence-corrected chi connectivity index (χ0v) is 13.2. The van der Waals surface area contributed by atoms with Crippen molar-refractivity contribution in [2.45, 2.75) is 39.8 Å². The maximum Gasteiger partial charge on any atom is 0.344 e. The van der Waals surface area contributed by atoms with E-state index in [1.807, 2.05) is 6.07 Å². The van der Waals surface area contributed by atoms with Crippen molar-refractivity contribution >= 4 is 17.6 Å². The lowest BCUT2D eigenvalue weighted by molar-refractivity contribution is -0.145. The highest BCUT2D eigenvalue weighted by atomic mass is 35.5. The van der Waals surface area contributed by atoms with Gasteiger partial charge in [-0.25, -0.2) is 4.79 Å². The van der Waals surface area contributed by atoms with Crippen molar-refractivity contribution in [2.75, 3.05) is 13.2 Å². The fourth-order valence-corrected chi connectivity index (χ4v) is 1.72. The van der Waals surface area contributed by atoms with Crippen LogP contribution < -0.4 is 10.1 Å².